The first-order valence-electron chi connectivity index (χ1n) is 7.61. The number of nitrogens with zero attached hydrogens (tertiary/aromatic N) is 2. The Morgan fingerprint density at radius 2 is 1.92 bits per heavy atom. The third kappa shape index (κ3) is 4.40. The fourth-order valence-electron chi connectivity index (χ4n) is 1.97. The molecule has 2 aromatic rings. The highest BCUT2D eigenvalue weighted by Crippen LogP contribution is 2.12. The van der Waals surface area contributed by atoms with E-state index in [1.807, 2.05) is 19.9 Å². The monoisotopic (exact) mass is 322 g/mol. The van der Waals surface area contributed by atoms with Crippen LogP contribution in [0.1, 0.15) is 46.5 Å². The van der Waals surface area contributed by atoms with Crippen LogP contribution in [0.25, 0.3) is 0 Å². The van der Waals surface area contributed by atoms with Crippen molar-refractivity contribution in [2.24, 2.45) is 0 Å². The maximum Gasteiger partial charge on any atom is 0.257 e. The number of hydrogen-bond acceptors (Lipinski definition) is 4. The van der Waals surface area contributed by atoms with E-state index in [4.69, 9.17) is 5.26 Å². The Labute approximate surface area is 140 Å². The second-order valence-corrected chi connectivity index (χ2v) is 5.39. The fraction of sp³-hybridized carbons (Fsp3) is 0.222. The van der Waals surface area contributed by atoms with Gasteiger partial charge in [0.25, 0.3) is 11.8 Å². The van der Waals surface area contributed by atoms with Crippen molar-refractivity contribution in [2.75, 3.05) is 5.32 Å². The van der Waals surface area contributed by atoms with Crippen molar-refractivity contribution < 1.29 is 9.59 Å². The average molecular weight is 322 g/mol. The lowest BCUT2D eigenvalue weighted by atomic mass is 10.1. The molecule has 0 saturated heterocycles. The van der Waals surface area contributed by atoms with Crippen LogP contribution in [-0.4, -0.2) is 22.8 Å². The first kappa shape index (κ1) is 17.2. The maximum atomic E-state index is 12.3. The molecule has 1 atom stereocenters. The van der Waals surface area contributed by atoms with Gasteiger partial charge >= 0.3 is 0 Å². The Bertz CT molecular complexity index is 796. The lowest BCUT2D eigenvalue weighted by Crippen LogP contribution is -2.32. The minimum Gasteiger partial charge on any atom is -0.350 e. The minimum absolute atomic E-state index is 0.0451. The molecule has 2 rings (SSSR count). The van der Waals surface area contributed by atoms with Crippen LogP contribution in [0.15, 0.2) is 42.7 Å². The van der Waals surface area contributed by atoms with Crippen LogP contribution in [0.3, 0.4) is 0 Å². The zero-order valence-corrected chi connectivity index (χ0v) is 13.5. The van der Waals surface area contributed by atoms with E-state index in [0.29, 0.717) is 16.8 Å². The number of nitriles is 1. The lowest BCUT2D eigenvalue weighted by molar-refractivity contribution is 0.0939. The van der Waals surface area contributed by atoms with Crippen molar-refractivity contribution >= 4 is 17.5 Å². The summed E-state index contributed by atoms with van der Waals surface area (Å²) in [5, 5.41) is 14.4. The number of pyridine rings is 1. The van der Waals surface area contributed by atoms with Crippen molar-refractivity contribution in [3.63, 3.8) is 0 Å². The van der Waals surface area contributed by atoms with Gasteiger partial charge in [-0.2, -0.15) is 5.26 Å². The molecule has 1 heterocycles. The second-order valence-electron chi connectivity index (χ2n) is 5.39. The maximum absolute atomic E-state index is 12.3. The van der Waals surface area contributed by atoms with Crippen molar-refractivity contribution in [3.05, 3.63) is 59.4 Å². The third-order valence-electron chi connectivity index (χ3n) is 3.50. The number of carbonyl (C=O) groups excluding carboxylic acids is 2. The van der Waals surface area contributed by atoms with Crippen LogP contribution in [0.2, 0.25) is 0 Å². The molecule has 0 aliphatic heterocycles. The standard InChI is InChI=1S/C18H18N4O2/c1-3-12(2)21-17(23)14-8-15(11-20-10-14)18(24)22-16-6-4-5-13(7-16)9-19/h4-8,10-12H,3H2,1-2H3,(H,21,23)(H,22,24). The highest BCUT2D eigenvalue weighted by atomic mass is 16.2. The Kier molecular flexibility index (Phi) is 5.63. The van der Waals surface area contributed by atoms with Gasteiger partial charge in [0, 0.05) is 24.1 Å². The number of anilines is 1. The van der Waals surface area contributed by atoms with E-state index in [1.54, 1.807) is 24.3 Å². The summed E-state index contributed by atoms with van der Waals surface area (Å²) in [6.45, 7) is 3.88. The van der Waals surface area contributed by atoms with Gasteiger partial charge in [0.2, 0.25) is 0 Å². The van der Waals surface area contributed by atoms with Gasteiger partial charge in [-0.05, 0) is 37.6 Å². The van der Waals surface area contributed by atoms with E-state index >= 15 is 0 Å². The van der Waals surface area contributed by atoms with Gasteiger partial charge in [0.1, 0.15) is 0 Å². The zero-order valence-electron chi connectivity index (χ0n) is 13.5. The summed E-state index contributed by atoms with van der Waals surface area (Å²) >= 11 is 0. The molecule has 6 heteroatoms. The van der Waals surface area contributed by atoms with Crippen molar-refractivity contribution in [1.82, 2.24) is 10.3 Å². The van der Waals surface area contributed by atoms with Gasteiger partial charge in [-0.15, -0.1) is 0 Å². The summed E-state index contributed by atoms with van der Waals surface area (Å²) < 4.78 is 0. The summed E-state index contributed by atoms with van der Waals surface area (Å²) in [4.78, 5) is 28.4. The Hall–Kier alpha value is -3.20. The molecule has 0 spiro atoms. The fourth-order valence-corrected chi connectivity index (χ4v) is 1.97. The molecule has 2 amide bonds. The Balaban J connectivity index is 2.14. The molecule has 24 heavy (non-hydrogen) atoms. The normalized spacial score (nSPS) is 11.2. The van der Waals surface area contributed by atoms with Crippen LogP contribution in [-0.2, 0) is 0 Å². The quantitative estimate of drug-likeness (QED) is 0.885. The molecule has 0 bridgehead atoms. The summed E-state index contributed by atoms with van der Waals surface area (Å²) in [6, 6.07) is 10.1. The highest BCUT2D eigenvalue weighted by Gasteiger charge is 2.13. The van der Waals surface area contributed by atoms with Gasteiger partial charge in [0.05, 0.1) is 22.8 Å². The largest absolute Gasteiger partial charge is 0.350 e. The summed E-state index contributed by atoms with van der Waals surface area (Å²) in [6.07, 6.45) is 3.63. The Morgan fingerprint density at radius 1 is 1.21 bits per heavy atom. The number of benzene rings is 1. The molecule has 6 nitrogen and oxygen atoms in total. The van der Waals surface area contributed by atoms with Crippen LogP contribution in [0, 0.1) is 11.3 Å². The molecule has 0 radical (unpaired) electrons. The molecular formula is C18H18N4O2. The molecule has 0 aliphatic carbocycles. The number of rotatable bonds is 5. The molecule has 122 valence electrons. The number of carbonyl (C=O) groups is 2. The molecule has 0 fully saturated rings. The molecule has 0 saturated carbocycles. The molecule has 1 unspecified atom stereocenters. The summed E-state index contributed by atoms with van der Waals surface area (Å²) in [7, 11) is 0. The number of hydrogen-bond donors (Lipinski definition) is 2. The van der Waals surface area contributed by atoms with E-state index < -0.39 is 5.91 Å². The predicted octanol–water partition coefficient (Wildman–Crippen LogP) is 2.73. The number of nitrogens with one attached hydrogen (secondary N) is 2. The summed E-state index contributed by atoms with van der Waals surface area (Å²) in [5.74, 6) is -0.659. The van der Waals surface area contributed by atoms with E-state index in [9.17, 15) is 9.59 Å². The minimum atomic E-state index is -0.393. The zero-order chi connectivity index (χ0) is 17.5. The number of aromatic nitrogens is 1. The van der Waals surface area contributed by atoms with Crippen molar-refractivity contribution in [2.45, 2.75) is 26.3 Å². The molecule has 2 N–H and O–H groups in total. The van der Waals surface area contributed by atoms with Crippen LogP contribution >= 0.6 is 0 Å². The van der Waals surface area contributed by atoms with E-state index in [0.717, 1.165) is 6.42 Å². The Morgan fingerprint density at radius 3 is 2.58 bits per heavy atom. The lowest BCUT2D eigenvalue weighted by Gasteiger charge is -2.11. The molecular weight excluding hydrogens is 304 g/mol. The van der Waals surface area contributed by atoms with Crippen molar-refractivity contribution in [1.29, 1.82) is 5.26 Å². The van der Waals surface area contributed by atoms with Gasteiger partial charge < -0.3 is 10.6 Å². The van der Waals surface area contributed by atoms with Gasteiger partial charge in [-0.3, -0.25) is 14.6 Å². The van der Waals surface area contributed by atoms with Crippen molar-refractivity contribution in [3.8, 4) is 6.07 Å². The van der Waals surface area contributed by atoms with Crippen LogP contribution < -0.4 is 10.6 Å². The first-order chi connectivity index (χ1) is 11.5. The number of amides is 2. The SMILES string of the molecule is CCC(C)NC(=O)c1cncc(C(=O)Nc2cccc(C#N)c2)c1. The van der Waals surface area contributed by atoms with Gasteiger partial charge in [-0.1, -0.05) is 13.0 Å². The molecule has 1 aromatic carbocycles. The average Bonchev–Trinajstić information content (AvgIpc) is 2.61. The van der Waals surface area contributed by atoms with Gasteiger partial charge in [-0.25, -0.2) is 0 Å². The smallest absolute Gasteiger partial charge is 0.257 e. The van der Waals surface area contributed by atoms with Gasteiger partial charge in [0.15, 0.2) is 0 Å². The molecule has 1 aromatic heterocycles. The third-order valence-corrected chi connectivity index (χ3v) is 3.50. The molecule has 0 aliphatic rings. The van der Waals surface area contributed by atoms with Crippen LogP contribution in [0.5, 0.6) is 0 Å². The first-order valence-corrected chi connectivity index (χ1v) is 7.61. The predicted molar refractivity (Wildman–Crippen MR) is 90.6 cm³/mol. The van der Waals surface area contributed by atoms with E-state index in [2.05, 4.69) is 15.6 Å². The van der Waals surface area contributed by atoms with Crippen LogP contribution in [0.4, 0.5) is 5.69 Å². The summed E-state index contributed by atoms with van der Waals surface area (Å²) in [5.41, 5.74) is 1.56. The highest BCUT2D eigenvalue weighted by molar-refractivity contribution is 6.05. The second kappa shape index (κ2) is 7.88. The van der Waals surface area contributed by atoms with E-state index in [1.165, 1.54) is 18.5 Å². The topological polar surface area (TPSA) is 94.9 Å². The van der Waals surface area contributed by atoms with E-state index in [-0.39, 0.29) is 17.5 Å².